The molecule has 0 fully saturated rings. The largest absolute Gasteiger partial charge is 0.494 e. The second kappa shape index (κ2) is 11.7. The van der Waals surface area contributed by atoms with E-state index in [4.69, 9.17) is 20.9 Å². The van der Waals surface area contributed by atoms with Crippen molar-refractivity contribution in [2.45, 2.75) is 45.2 Å². The van der Waals surface area contributed by atoms with Crippen LogP contribution in [0.1, 0.15) is 54.5 Å². The molecule has 4 aromatic rings. The van der Waals surface area contributed by atoms with Crippen molar-refractivity contribution in [1.82, 2.24) is 10.1 Å². The Labute approximate surface area is 232 Å². The van der Waals surface area contributed by atoms with Crippen LogP contribution >= 0.6 is 11.6 Å². The average molecular weight is 545 g/mol. The zero-order valence-electron chi connectivity index (χ0n) is 21.8. The smallest absolute Gasteiger partial charge is 0.258 e. The molecule has 3 aromatic carbocycles. The Morgan fingerprint density at radius 3 is 2.51 bits per heavy atom. The van der Waals surface area contributed by atoms with Crippen LogP contribution in [0, 0.1) is 0 Å². The van der Waals surface area contributed by atoms with Crippen LogP contribution in [0.15, 0.2) is 83.6 Å². The van der Waals surface area contributed by atoms with Gasteiger partial charge in [0.15, 0.2) is 6.33 Å². The minimum Gasteiger partial charge on any atom is -0.494 e. The van der Waals surface area contributed by atoms with Gasteiger partial charge in [-0.15, -0.1) is 0 Å². The summed E-state index contributed by atoms with van der Waals surface area (Å²) in [6.07, 6.45) is 3.35. The number of ether oxygens (including phenoxy) is 1. The van der Waals surface area contributed by atoms with Crippen molar-refractivity contribution in [1.29, 1.82) is 0 Å². The van der Waals surface area contributed by atoms with E-state index in [1.54, 1.807) is 48.2 Å². The number of aryl methyl sites for hydroxylation is 1. The summed E-state index contributed by atoms with van der Waals surface area (Å²) in [5.41, 5.74) is 3.06. The van der Waals surface area contributed by atoms with E-state index in [2.05, 4.69) is 10.1 Å². The molecule has 0 saturated carbocycles. The summed E-state index contributed by atoms with van der Waals surface area (Å²) in [5, 5.41) is 4.20. The second-order valence-electron chi connectivity index (χ2n) is 9.51. The van der Waals surface area contributed by atoms with Gasteiger partial charge in [0, 0.05) is 41.3 Å². The fraction of sp³-hybridized carbons (Fsp3) is 0.267. The van der Waals surface area contributed by atoms with Crippen LogP contribution in [0.25, 0.3) is 0 Å². The monoisotopic (exact) mass is 544 g/mol. The van der Waals surface area contributed by atoms with Gasteiger partial charge in [0.25, 0.3) is 5.91 Å². The summed E-state index contributed by atoms with van der Waals surface area (Å²) in [6, 6.07) is 21.9. The van der Waals surface area contributed by atoms with Crippen molar-refractivity contribution in [3.8, 4) is 5.75 Å². The van der Waals surface area contributed by atoms with Crippen LogP contribution in [0.3, 0.4) is 0 Å². The van der Waals surface area contributed by atoms with Crippen molar-refractivity contribution in [3.63, 3.8) is 0 Å². The number of hydrogen-bond donors (Lipinski definition) is 0. The number of anilines is 2. The molecular formula is C30H29ClN4O4. The molecule has 2 amide bonds. The molecule has 0 spiro atoms. The van der Waals surface area contributed by atoms with E-state index in [0.717, 1.165) is 23.4 Å². The third-order valence-corrected chi connectivity index (χ3v) is 7.10. The molecule has 5 rings (SSSR count). The Morgan fingerprint density at radius 1 is 1.08 bits per heavy atom. The van der Waals surface area contributed by atoms with Gasteiger partial charge in [-0.1, -0.05) is 35.0 Å². The normalized spacial score (nSPS) is 16.4. The van der Waals surface area contributed by atoms with Crippen LogP contribution in [0.2, 0.25) is 5.02 Å². The lowest BCUT2D eigenvalue weighted by atomic mass is 9.89. The summed E-state index contributed by atoms with van der Waals surface area (Å²) in [4.78, 5) is 34.2. The van der Waals surface area contributed by atoms with Crippen LogP contribution in [-0.2, 0) is 11.2 Å². The highest BCUT2D eigenvalue weighted by molar-refractivity contribution is 6.30. The van der Waals surface area contributed by atoms with E-state index in [9.17, 15) is 9.59 Å². The van der Waals surface area contributed by atoms with Gasteiger partial charge in [0.1, 0.15) is 5.75 Å². The Bertz CT molecular complexity index is 1420. The lowest BCUT2D eigenvalue weighted by molar-refractivity contribution is -0.117. The first-order valence-electron chi connectivity index (χ1n) is 12.9. The van der Waals surface area contributed by atoms with Crippen molar-refractivity contribution in [2.24, 2.45) is 0 Å². The summed E-state index contributed by atoms with van der Waals surface area (Å²) in [5.74, 6) is 1.09. The molecule has 200 valence electrons. The van der Waals surface area contributed by atoms with Gasteiger partial charge < -0.3 is 19.1 Å². The zero-order chi connectivity index (χ0) is 27.4. The fourth-order valence-corrected chi connectivity index (χ4v) is 5.20. The van der Waals surface area contributed by atoms with Gasteiger partial charge in [-0.2, -0.15) is 4.98 Å². The maximum Gasteiger partial charge on any atom is 0.258 e. The number of amides is 2. The van der Waals surface area contributed by atoms with Gasteiger partial charge in [0.2, 0.25) is 11.8 Å². The van der Waals surface area contributed by atoms with Crippen molar-refractivity contribution in [3.05, 3.63) is 101 Å². The maximum atomic E-state index is 13.8. The van der Waals surface area contributed by atoms with E-state index in [1.807, 2.05) is 48.2 Å². The van der Waals surface area contributed by atoms with Gasteiger partial charge in [-0.05, 0) is 79.9 Å². The van der Waals surface area contributed by atoms with Crippen LogP contribution < -0.4 is 14.5 Å². The molecule has 0 radical (unpaired) electrons. The molecule has 0 saturated heterocycles. The predicted molar refractivity (Wildman–Crippen MR) is 149 cm³/mol. The summed E-state index contributed by atoms with van der Waals surface area (Å²) < 4.78 is 10.8. The molecule has 9 heteroatoms. The SMILES string of the molecule is CC(=O)N(c1ccc(Cl)cc1)C1CC(C)N(C(=O)c2ccc(OCCCc3ncno3)cc2)c2ccccc21. The third-order valence-electron chi connectivity index (χ3n) is 6.85. The molecule has 0 bridgehead atoms. The first-order chi connectivity index (χ1) is 18.9. The number of carbonyl (C=O) groups is 2. The molecule has 8 nitrogen and oxygen atoms in total. The predicted octanol–water partition coefficient (Wildman–Crippen LogP) is 6.27. The maximum absolute atomic E-state index is 13.8. The Balaban J connectivity index is 1.33. The number of para-hydroxylation sites is 1. The molecular weight excluding hydrogens is 516 g/mol. The number of fused-ring (bicyclic) bond motifs is 1. The summed E-state index contributed by atoms with van der Waals surface area (Å²) in [6.45, 7) is 4.07. The molecule has 1 aliphatic heterocycles. The van der Waals surface area contributed by atoms with Crippen molar-refractivity contribution >= 4 is 34.8 Å². The molecule has 0 N–H and O–H groups in total. The van der Waals surface area contributed by atoms with E-state index >= 15 is 0 Å². The second-order valence-corrected chi connectivity index (χ2v) is 9.95. The van der Waals surface area contributed by atoms with E-state index < -0.39 is 0 Å². The number of rotatable bonds is 8. The number of benzene rings is 3. The van der Waals surface area contributed by atoms with Crippen LogP contribution in [0.4, 0.5) is 11.4 Å². The standard InChI is InChI=1S/C30H29ClN4O4/c1-20-18-28(35(21(2)36)24-13-11-23(31)12-14-24)26-6-3-4-7-27(26)34(20)30(37)22-9-15-25(16-10-22)38-17-5-8-29-32-19-33-39-29/h3-4,6-7,9-16,19-20,28H,5,8,17-18H2,1-2H3. The quantitative estimate of drug-likeness (QED) is 0.243. The zero-order valence-corrected chi connectivity index (χ0v) is 22.5. The van der Waals surface area contributed by atoms with Gasteiger partial charge in [-0.25, -0.2) is 0 Å². The van der Waals surface area contributed by atoms with E-state index in [0.29, 0.717) is 41.7 Å². The first kappa shape index (κ1) is 26.4. The molecule has 1 aromatic heterocycles. The summed E-state index contributed by atoms with van der Waals surface area (Å²) in [7, 11) is 0. The number of nitrogens with zero attached hydrogens (tertiary/aromatic N) is 4. The Kier molecular flexibility index (Phi) is 7.93. The highest BCUT2D eigenvalue weighted by Crippen LogP contribution is 2.43. The first-order valence-corrected chi connectivity index (χ1v) is 13.3. The molecule has 39 heavy (non-hydrogen) atoms. The number of carbonyl (C=O) groups excluding carboxylic acids is 2. The minimum atomic E-state index is -0.220. The van der Waals surface area contributed by atoms with E-state index in [-0.39, 0.29) is 23.9 Å². The fourth-order valence-electron chi connectivity index (χ4n) is 5.07. The van der Waals surface area contributed by atoms with Crippen LogP contribution in [-0.4, -0.2) is 34.6 Å². The highest BCUT2D eigenvalue weighted by atomic mass is 35.5. The van der Waals surface area contributed by atoms with Gasteiger partial charge >= 0.3 is 0 Å². The number of aromatic nitrogens is 2. The average Bonchev–Trinajstić information content (AvgIpc) is 3.46. The molecule has 1 aliphatic rings. The number of hydrogen-bond acceptors (Lipinski definition) is 6. The van der Waals surface area contributed by atoms with E-state index in [1.165, 1.54) is 6.33 Å². The Morgan fingerprint density at radius 2 is 1.82 bits per heavy atom. The topological polar surface area (TPSA) is 88.8 Å². The molecule has 2 atom stereocenters. The van der Waals surface area contributed by atoms with Crippen molar-refractivity contribution in [2.75, 3.05) is 16.4 Å². The lowest BCUT2D eigenvalue weighted by Gasteiger charge is -2.43. The molecule has 2 unspecified atom stereocenters. The molecule has 0 aliphatic carbocycles. The third kappa shape index (κ3) is 5.81. The van der Waals surface area contributed by atoms with Crippen LogP contribution in [0.5, 0.6) is 5.75 Å². The molecule has 2 heterocycles. The lowest BCUT2D eigenvalue weighted by Crippen LogP contribution is -2.47. The van der Waals surface area contributed by atoms with Gasteiger partial charge in [0.05, 0.1) is 12.6 Å². The Hall–Kier alpha value is -4.17. The summed E-state index contributed by atoms with van der Waals surface area (Å²) >= 11 is 6.10. The number of halogens is 1. The minimum absolute atomic E-state index is 0.0724. The highest BCUT2D eigenvalue weighted by Gasteiger charge is 2.38. The van der Waals surface area contributed by atoms with Gasteiger partial charge in [-0.3, -0.25) is 9.59 Å². The van der Waals surface area contributed by atoms with Crippen molar-refractivity contribution < 1.29 is 18.8 Å².